The molecule has 0 aromatic heterocycles. The van der Waals surface area contributed by atoms with Crippen molar-refractivity contribution in [1.29, 1.82) is 0 Å². The molecular formula is C21H26F2N2O7. The Balaban J connectivity index is 2.91. The van der Waals surface area contributed by atoms with E-state index in [0.29, 0.717) is 11.1 Å². The lowest BCUT2D eigenvalue weighted by molar-refractivity contribution is -0.151. The monoisotopic (exact) mass is 456 g/mol. The Labute approximate surface area is 183 Å². The van der Waals surface area contributed by atoms with Crippen LogP contribution in [0.2, 0.25) is 0 Å². The fourth-order valence-electron chi connectivity index (χ4n) is 2.99. The van der Waals surface area contributed by atoms with Gasteiger partial charge in [-0.05, 0) is 23.5 Å². The van der Waals surface area contributed by atoms with Gasteiger partial charge in [0.15, 0.2) is 0 Å². The third-order valence-corrected chi connectivity index (χ3v) is 4.33. The number of amides is 2. The van der Waals surface area contributed by atoms with E-state index in [0.717, 1.165) is 0 Å². The van der Waals surface area contributed by atoms with Gasteiger partial charge in [0.1, 0.15) is 12.1 Å². The molecule has 0 aliphatic carbocycles. The van der Waals surface area contributed by atoms with E-state index >= 15 is 0 Å². The first-order valence-corrected chi connectivity index (χ1v) is 9.83. The van der Waals surface area contributed by atoms with Crippen molar-refractivity contribution < 1.29 is 43.0 Å². The predicted octanol–water partition coefficient (Wildman–Crippen LogP) is 1.18. The lowest BCUT2D eigenvalue weighted by Gasteiger charge is -2.23. The van der Waals surface area contributed by atoms with Crippen molar-refractivity contribution in [2.45, 2.75) is 58.0 Å². The minimum Gasteiger partial charge on any atom is -0.481 e. The number of carboxylic acids is 2. The second kappa shape index (κ2) is 12.5. The van der Waals surface area contributed by atoms with Crippen molar-refractivity contribution in [2.24, 2.45) is 5.92 Å². The standard InChI is InChI=1S/C21H26F2N2O7/c1-11(2)6-15(20(30)25-14(10-16(22)23)19(29)21(31)32)24-17(26)8-12-4-3-5-13(7-12)9-18(27)28/h3-5,7,11,14-16H,6,8-10H2,1-2H3,(H,24,26)(H,25,30)(H,27,28)(H,31,32)/t14-,15-/m1/s1. The molecule has 0 saturated carbocycles. The lowest BCUT2D eigenvalue weighted by atomic mass is 10.0. The van der Waals surface area contributed by atoms with Gasteiger partial charge in [-0.3, -0.25) is 19.2 Å². The summed E-state index contributed by atoms with van der Waals surface area (Å²) in [4.78, 5) is 58.4. The summed E-state index contributed by atoms with van der Waals surface area (Å²) >= 11 is 0. The summed E-state index contributed by atoms with van der Waals surface area (Å²) in [5.41, 5.74) is 0.989. The Morgan fingerprint density at radius 2 is 1.50 bits per heavy atom. The molecule has 0 fully saturated rings. The van der Waals surface area contributed by atoms with Crippen LogP contribution >= 0.6 is 0 Å². The molecule has 0 bridgehead atoms. The average molecular weight is 456 g/mol. The van der Waals surface area contributed by atoms with E-state index in [1.54, 1.807) is 32.0 Å². The summed E-state index contributed by atoms with van der Waals surface area (Å²) in [6, 6.07) is 3.20. The molecule has 1 rings (SSSR count). The van der Waals surface area contributed by atoms with Crippen LogP contribution in [0.15, 0.2) is 24.3 Å². The summed E-state index contributed by atoms with van der Waals surface area (Å²) in [6.45, 7) is 3.50. The second-order valence-electron chi connectivity index (χ2n) is 7.67. The number of hydrogen-bond acceptors (Lipinski definition) is 5. The first-order chi connectivity index (χ1) is 14.9. The van der Waals surface area contributed by atoms with E-state index in [1.807, 2.05) is 5.32 Å². The third kappa shape index (κ3) is 9.63. The number of nitrogens with one attached hydrogen (secondary N) is 2. The topological polar surface area (TPSA) is 150 Å². The third-order valence-electron chi connectivity index (χ3n) is 4.33. The number of Topliss-reactive ketones (excluding diaryl/α,β-unsaturated/α-hetero) is 1. The van der Waals surface area contributed by atoms with Crippen LogP contribution in [0.25, 0.3) is 0 Å². The van der Waals surface area contributed by atoms with Crippen molar-refractivity contribution in [1.82, 2.24) is 10.6 Å². The molecule has 11 heteroatoms. The SMILES string of the molecule is CC(C)C[C@@H](NC(=O)Cc1cccc(CC(=O)O)c1)C(=O)N[C@H](CC(F)F)C(=O)C(=O)O. The largest absolute Gasteiger partial charge is 0.481 e. The molecule has 176 valence electrons. The first-order valence-electron chi connectivity index (χ1n) is 9.83. The van der Waals surface area contributed by atoms with Crippen LogP contribution in [0.4, 0.5) is 8.78 Å². The molecule has 2 amide bonds. The number of halogens is 2. The Morgan fingerprint density at radius 3 is 2.00 bits per heavy atom. The predicted molar refractivity (Wildman–Crippen MR) is 108 cm³/mol. The van der Waals surface area contributed by atoms with Gasteiger partial charge in [-0.25, -0.2) is 13.6 Å². The molecule has 2 atom stereocenters. The van der Waals surface area contributed by atoms with Crippen molar-refractivity contribution in [3.63, 3.8) is 0 Å². The van der Waals surface area contributed by atoms with Crippen LogP contribution in [0.3, 0.4) is 0 Å². The van der Waals surface area contributed by atoms with Crippen LogP contribution in [-0.4, -0.2) is 58.3 Å². The minimum atomic E-state index is -3.03. The summed E-state index contributed by atoms with van der Waals surface area (Å²) in [6.07, 6.45) is -4.49. The van der Waals surface area contributed by atoms with Crippen molar-refractivity contribution in [3.8, 4) is 0 Å². The van der Waals surface area contributed by atoms with Gasteiger partial charge in [0.2, 0.25) is 18.2 Å². The molecule has 0 radical (unpaired) electrons. The second-order valence-corrected chi connectivity index (χ2v) is 7.67. The summed E-state index contributed by atoms with van der Waals surface area (Å²) < 4.78 is 25.5. The Bertz CT molecular complexity index is 858. The highest BCUT2D eigenvalue weighted by atomic mass is 19.3. The molecule has 9 nitrogen and oxygen atoms in total. The van der Waals surface area contributed by atoms with Crippen LogP contribution in [0.1, 0.15) is 37.8 Å². The highest BCUT2D eigenvalue weighted by Gasteiger charge is 2.32. The molecule has 1 aromatic rings. The maximum atomic E-state index is 12.7. The molecule has 0 unspecified atom stereocenters. The Hall–Kier alpha value is -3.37. The molecule has 1 aromatic carbocycles. The van der Waals surface area contributed by atoms with Gasteiger partial charge < -0.3 is 20.8 Å². The van der Waals surface area contributed by atoms with E-state index in [4.69, 9.17) is 10.2 Å². The van der Waals surface area contributed by atoms with E-state index in [9.17, 15) is 32.8 Å². The quantitative estimate of drug-likeness (QED) is 0.326. The first kappa shape index (κ1) is 26.7. The van der Waals surface area contributed by atoms with Gasteiger partial charge >= 0.3 is 11.9 Å². The zero-order chi connectivity index (χ0) is 24.4. The highest BCUT2D eigenvalue weighted by molar-refractivity contribution is 6.35. The number of carbonyl (C=O) groups is 5. The fraction of sp³-hybridized carbons (Fsp3) is 0.476. The van der Waals surface area contributed by atoms with Crippen molar-refractivity contribution in [3.05, 3.63) is 35.4 Å². The lowest BCUT2D eigenvalue weighted by Crippen LogP contribution is -2.53. The van der Waals surface area contributed by atoms with E-state index in [-0.39, 0.29) is 25.2 Å². The number of aliphatic carboxylic acids is 2. The molecule has 0 heterocycles. The summed E-state index contributed by atoms with van der Waals surface area (Å²) in [5, 5.41) is 22.1. The van der Waals surface area contributed by atoms with Crippen LogP contribution in [0.5, 0.6) is 0 Å². The zero-order valence-corrected chi connectivity index (χ0v) is 17.6. The van der Waals surface area contributed by atoms with Gasteiger partial charge in [0.25, 0.3) is 5.78 Å². The van der Waals surface area contributed by atoms with Gasteiger partial charge in [0, 0.05) is 6.42 Å². The molecule has 0 aliphatic heterocycles. The number of carbonyl (C=O) groups excluding carboxylic acids is 3. The fourth-order valence-corrected chi connectivity index (χ4v) is 2.99. The molecule has 0 spiro atoms. The maximum Gasteiger partial charge on any atom is 0.374 e. The summed E-state index contributed by atoms with van der Waals surface area (Å²) in [5.74, 6) is -6.21. The van der Waals surface area contributed by atoms with Crippen LogP contribution in [-0.2, 0) is 36.8 Å². The van der Waals surface area contributed by atoms with Gasteiger partial charge in [-0.2, -0.15) is 0 Å². The van der Waals surface area contributed by atoms with Crippen molar-refractivity contribution >= 4 is 29.5 Å². The maximum absolute atomic E-state index is 12.7. The summed E-state index contributed by atoms with van der Waals surface area (Å²) in [7, 11) is 0. The normalized spacial score (nSPS) is 12.8. The van der Waals surface area contributed by atoms with Crippen LogP contribution < -0.4 is 10.6 Å². The number of hydrogen-bond donors (Lipinski definition) is 4. The minimum absolute atomic E-state index is 0.103. The molecule has 0 saturated heterocycles. The van der Waals surface area contributed by atoms with Gasteiger partial charge in [-0.15, -0.1) is 0 Å². The smallest absolute Gasteiger partial charge is 0.374 e. The molecule has 32 heavy (non-hydrogen) atoms. The Kier molecular flexibility index (Phi) is 10.4. The van der Waals surface area contributed by atoms with E-state index in [2.05, 4.69) is 5.32 Å². The zero-order valence-electron chi connectivity index (χ0n) is 17.6. The number of carboxylic acid groups (broad SMARTS) is 2. The highest BCUT2D eigenvalue weighted by Crippen LogP contribution is 2.11. The van der Waals surface area contributed by atoms with Crippen LogP contribution in [0, 0.1) is 5.92 Å². The van der Waals surface area contributed by atoms with E-state index in [1.165, 1.54) is 6.07 Å². The van der Waals surface area contributed by atoms with Gasteiger partial charge in [-0.1, -0.05) is 38.1 Å². The number of rotatable bonds is 13. The van der Waals surface area contributed by atoms with Gasteiger partial charge in [0.05, 0.1) is 12.8 Å². The Morgan fingerprint density at radius 1 is 0.906 bits per heavy atom. The number of alkyl halides is 2. The molecule has 0 aliphatic rings. The molecular weight excluding hydrogens is 430 g/mol. The number of ketones is 1. The average Bonchev–Trinajstić information content (AvgIpc) is 2.65. The van der Waals surface area contributed by atoms with Crippen molar-refractivity contribution in [2.75, 3.05) is 0 Å². The number of benzene rings is 1. The molecule has 4 N–H and O–H groups in total. The van der Waals surface area contributed by atoms with E-state index < -0.39 is 54.5 Å².